The van der Waals surface area contributed by atoms with Gasteiger partial charge in [-0.1, -0.05) is 64.5 Å². The van der Waals surface area contributed by atoms with E-state index in [1.807, 2.05) is 54.6 Å². The van der Waals surface area contributed by atoms with E-state index in [4.69, 9.17) is 4.99 Å². The molecule has 150 valence electrons. The normalized spacial score (nSPS) is 11.6. The molecule has 2 N–H and O–H groups in total. The zero-order valence-corrected chi connectivity index (χ0v) is 19.6. The molecule has 3 aromatic carbocycles. The molecule has 0 radical (unpaired) electrons. The molecule has 0 atom stereocenters. The van der Waals surface area contributed by atoms with Crippen LogP contribution in [-0.4, -0.2) is 14.7 Å². The van der Waals surface area contributed by atoms with Crippen LogP contribution in [0.15, 0.2) is 93.7 Å². The van der Waals surface area contributed by atoms with Gasteiger partial charge in [-0.3, -0.25) is 4.57 Å². The average Bonchev–Trinajstić information content (AvgIpc) is 3.31. The van der Waals surface area contributed by atoms with Crippen molar-refractivity contribution in [3.8, 4) is 22.8 Å². The van der Waals surface area contributed by atoms with E-state index in [9.17, 15) is 5.11 Å². The molecule has 0 aliphatic rings. The van der Waals surface area contributed by atoms with Gasteiger partial charge in [-0.25, -0.2) is 4.99 Å². The highest BCUT2D eigenvalue weighted by Gasteiger charge is 2.13. The number of aromatic hydroxyl groups is 1. The third-order valence-corrected chi connectivity index (χ3v) is 6.08. The molecule has 0 bridgehead atoms. The first-order chi connectivity index (χ1) is 14.2. The monoisotopic (exact) mass is 540 g/mol. The first kappa shape index (κ1) is 20.7. The number of thiazole rings is 1. The fraction of sp³-hybridized carbons (Fsp3) is 0. The van der Waals surface area contributed by atoms with Crippen LogP contribution in [0, 0.1) is 0 Å². The lowest BCUT2D eigenvalue weighted by molar-refractivity contribution is -0.00000663. The van der Waals surface area contributed by atoms with Gasteiger partial charge in [0.1, 0.15) is 5.69 Å². The minimum atomic E-state index is 0. The summed E-state index contributed by atoms with van der Waals surface area (Å²) in [4.78, 5) is 8.65. The number of nitrogens with zero attached hydrogens (tertiary/aromatic N) is 2. The van der Waals surface area contributed by atoms with Gasteiger partial charge in [-0.15, -0.1) is 11.3 Å². The number of nitrogens with one attached hydrogen (secondary N) is 1. The Kier molecular flexibility index (Phi) is 5.94. The van der Waals surface area contributed by atoms with Crippen molar-refractivity contribution in [2.45, 2.75) is 0 Å². The quantitative estimate of drug-likeness (QED) is 0.361. The molecule has 2 heterocycles. The van der Waals surface area contributed by atoms with Gasteiger partial charge in [0, 0.05) is 20.9 Å². The van der Waals surface area contributed by atoms with Gasteiger partial charge in [0.15, 0.2) is 4.80 Å². The summed E-state index contributed by atoms with van der Waals surface area (Å²) < 4.78 is 3.16. The van der Waals surface area contributed by atoms with Gasteiger partial charge in [-0.05, 0) is 35.9 Å². The molecule has 2 aromatic heterocycles. The fourth-order valence-corrected chi connectivity index (χ4v) is 4.54. The van der Waals surface area contributed by atoms with Crippen molar-refractivity contribution < 1.29 is 22.1 Å². The summed E-state index contributed by atoms with van der Waals surface area (Å²) in [6, 6.07) is 26.1. The second kappa shape index (κ2) is 8.63. The molecule has 0 aliphatic heterocycles. The van der Waals surface area contributed by atoms with Crippen LogP contribution in [0.2, 0.25) is 0 Å². The summed E-state index contributed by atoms with van der Waals surface area (Å²) >= 11 is 5.05. The molecule has 5 rings (SSSR count). The number of para-hydroxylation sites is 2. The lowest BCUT2D eigenvalue weighted by atomic mass is 10.1. The fourth-order valence-electron chi connectivity index (χ4n) is 3.36. The maximum absolute atomic E-state index is 10.5. The van der Waals surface area contributed by atoms with E-state index >= 15 is 0 Å². The molecular weight excluding hydrogens is 526 g/mol. The number of benzene rings is 3. The zero-order chi connectivity index (χ0) is 19.8. The summed E-state index contributed by atoms with van der Waals surface area (Å²) in [6.45, 7) is 0. The van der Waals surface area contributed by atoms with Gasteiger partial charge in [-0.2, -0.15) is 0 Å². The van der Waals surface area contributed by atoms with Crippen LogP contribution in [0.25, 0.3) is 27.8 Å². The molecule has 0 unspecified atom stereocenters. The maximum Gasteiger partial charge on any atom is 0.216 e. The largest absolute Gasteiger partial charge is 1.00 e. The standard InChI is InChI=1S/C23H16BrN3OS.BrH/c24-16-12-10-15(11-13-16)20-14-29-23(27(20)17-6-2-1-3-7-17)26-21-18-8-4-5-9-19(18)25-22(21)28;/h1-14,25,28H;1H/p-1. The van der Waals surface area contributed by atoms with Gasteiger partial charge < -0.3 is 27.1 Å². The van der Waals surface area contributed by atoms with Crippen molar-refractivity contribution in [2.75, 3.05) is 0 Å². The molecular formula is C23H16Br2N3OS-. The topological polar surface area (TPSA) is 53.3 Å². The van der Waals surface area contributed by atoms with Gasteiger partial charge in [0.25, 0.3) is 0 Å². The summed E-state index contributed by atoms with van der Waals surface area (Å²) in [7, 11) is 0. The Bertz CT molecular complexity index is 1370. The van der Waals surface area contributed by atoms with Crippen molar-refractivity contribution in [1.29, 1.82) is 0 Å². The summed E-state index contributed by atoms with van der Waals surface area (Å²) in [6.07, 6.45) is 0. The van der Waals surface area contributed by atoms with E-state index in [-0.39, 0.29) is 22.9 Å². The third-order valence-electron chi connectivity index (χ3n) is 4.73. The van der Waals surface area contributed by atoms with Gasteiger partial charge in [0.05, 0.1) is 11.2 Å². The van der Waals surface area contributed by atoms with E-state index in [2.05, 4.69) is 55.1 Å². The number of hydrogen-bond donors (Lipinski definition) is 2. The van der Waals surface area contributed by atoms with Crippen molar-refractivity contribution in [3.05, 3.63) is 93.5 Å². The predicted molar refractivity (Wildman–Crippen MR) is 122 cm³/mol. The first-order valence-corrected chi connectivity index (χ1v) is 10.7. The number of aromatic nitrogens is 2. The Morgan fingerprint density at radius 1 is 0.900 bits per heavy atom. The Labute approximate surface area is 196 Å². The average molecular weight is 542 g/mol. The van der Waals surface area contributed by atoms with E-state index in [1.54, 1.807) is 11.3 Å². The molecule has 0 fully saturated rings. The van der Waals surface area contributed by atoms with Crippen LogP contribution < -0.4 is 21.8 Å². The predicted octanol–water partition coefficient (Wildman–Crippen LogP) is 3.39. The van der Waals surface area contributed by atoms with Crippen molar-refractivity contribution >= 4 is 43.9 Å². The summed E-state index contributed by atoms with van der Waals surface area (Å²) in [5, 5.41) is 13.4. The zero-order valence-electron chi connectivity index (χ0n) is 15.6. The van der Waals surface area contributed by atoms with Gasteiger partial charge >= 0.3 is 0 Å². The van der Waals surface area contributed by atoms with Crippen molar-refractivity contribution in [2.24, 2.45) is 4.99 Å². The number of H-pyrrole nitrogens is 1. The van der Waals surface area contributed by atoms with Crippen LogP contribution in [-0.2, 0) is 0 Å². The number of rotatable bonds is 3. The highest BCUT2D eigenvalue weighted by molar-refractivity contribution is 9.10. The van der Waals surface area contributed by atoms with Crippen LogP contribution in [0.3, 0.4) is 0 Å². The maximum atomic E-state index is 10.5. The minimum absolute atomic E-state index is 0. The van der Waals surface area contributed by atoms with E-state index in [1.165, 1.54) is 0 Å². The highest BCUT2D eigenvalue weighted by Crippen LogP contribution is 2.35. The molecule has 4 nitrogen and oxygen atoms in total. The van der Waals surface area contributed by atoms with Crippen molar-refractivity contribution in [3.63, 3.8) is 0 Å². The summed E-state index contributed by atoms with van der Waals surface area (Å²) in [5.41, 5.74) is 4.57. The van der Waals surface area contributed by atoms with E-state index < -0.39 is 0 Å². The molecule has 0 aliphatic carbocycles. The Morgan fingerprint density at radius 3 is 2.37 bits per heavy atom. The van der Waals surface area contributed by atoms with Crippen LogP contribution >= 0.6 is 27.3 Å². The second-order valence-corrected chi connectivity index (χ2v) is 8.31. The lowest BCUT2D eigenvalue weighted by Crippen LogP contribution is -3.00. The van der Waals surface area contributed by atoms with Crippen LogP contribution in [0.4, 0.5) is 5.69 Å². The second-order valence-electron chi connectivity index (χ2n) is 6.56. The molecule has 0 saturated heterocycles. The molecule has 30 heavy (non-hydrogen) atoms. The Balaban J connectivity index is 0.00000218. The molecule has 0 spiro atoms. The first-order valence-electron chi connectivity index (χ1n) is 9.07. The smallest absolute Gasteiger partial charge is 0.216 e. The molecule has 0 amide bonds. The SMILES string of the molecule is Oc1[nH]c2ccccc2c1N=c1scc(-c2ccc(Br)cc2)n1-c1ccccc1.[Br-]. The number of aromatic amines is 1. The van der Waals surface area contributed by atoms with Crippen molar-refractivity contribution in [1.82, 2.24) is 9.55 Å². The molecule has 7 heteroatoms. The molecule has 0 saturated carbocycles. The van der Waals surface area contributed by atoms with Crippen LogP contribution in [0.5, 0.6) is 5.88 Å². The van der Waals surface area contributed by atoms with E-state index in [0.29, 0.717) is 5.69 Å². The number of fused-ring (bicyclic) bond motifs is 1. The van der Waals surface area contributed by atoms with E-state index in [0.717, 1.165) is 37.1 Å². The summed E-state index contributed by atoms with van der Waals surface area (Å²) in [5.74, 6) is 0.0735. The Hall–Kier alpha value is -2.61. The lowest BCUT2D eigenvalue weighted by Gasteiger charge is -2.09. The minimum Gasteiger partial charge on any atom is -1.00 e. The highest BCUT2D eigenvalue weighted by atomic mass is 79.9. The molecule has 5 aromatic rings. The van der Waals surface area contributed by atoms with Crippen LogP contribution in [0.1, 0.15) is 0 Å². The third kappa shape index (κ3) is 3.76. The number of halogens is 2. The number of hydrogen-bond acceptors (Lipinski definition) is 3. The van der Waals surface area contributed by atoms with Gasteiger partial charge in [0.2, 0.25) is 5.88 Å². The Morgan fingerprint density at radius 2 is 1.60 bits per heavy atom.